The summed E-state index contributed by atoms with van der Waals surface area (Å²) in [7, 11) is 0. The first kappa shape index (κ1) is 15.3. The molecule has 4 nitrogen and oxygen atoms in total. The molecule has 1 aromatic carbocycles. The van der Waals surface area contributed by atoms with Crippen molar-refractivity contribution in [3.63, 3.8) is 0 Å². The van der Waals surface area contributed by atoms with Crippen molar-refractivity contribution in [2.45, 2.75) is 25.8 Å². The Morgan fingerprint density at radius 2 is 2.00 bits per heavy atom. The Labute approximate surface area is 122 Å². The Balaban J connectivity index is 1.85. The molecule has 0 bridgehead atoms. The van der Waals surface area contributed by atoms with E-state index < -0.39 is 17.7 Å². The van der Waals surface area contributed by atoms with E-state index in [1.165, 1.54) is 6.07 Å². The number of piperidine rings is 1. The molecule has 6 heteroatoms. The van der Waals surface area contributed by atoms with E-state index in [-0.39, 0.29) is 6.04 Å². The molecule has 1 fully saturated rings. The summed E-state index contributed by atoms with van der Waals surface area (Å²) in [6.07, 6.45) is 1.03. The summed E-state index contributed by atoms with van der Waals surface area (Å²) >= 11 is 0. The van der Waals surface area contributed by atoms with Crippen molar-refractivity contribution >= 4 is 11.8 Å². The van der Waals surface area contributed by atoms with E-state index in [0.717, 1.165) is 12.1 Å². The molecule has 1 saturated heterocycles. The second kappa shape index (κ2) is 6.56. The molecule has 1 aliphatic rings. The van der Waals surface area contributed by atoms with Gasteiger partial charge in [-0.3, -0.25) is 0 Å². The van der Waals surface area contributed by atoms with Gasteiger partial charge >= 0.3 is 6.09 Å². The lowest BCUT2D eigenvalue weighted by molar-refractivity contribution is 0.119. The standard InChI is InChI=1S/C15H18F2N2O2/c1-10(2)21-15(20)19-7-5-11(6-8-19)18-12-3-4-13(16)14(17)9-12/h3-4,9,11,18H,1,5-8H2,2H3. The van der Waals surface area contributed by atoms with Gasteiger partial charge in [-0.2, -0.15) is 0 Å². The van der Waals surface area contributed by atoms with E-state index in [4.69, 9.17) is 4.74 Å². The number of carbonyl (C=O) groups excluding carboxylic acids is 1. The maximum atomic E-state index is 13.1. The van der Waals surface area contributed by atoms with Crippen molar-refractivity contribution in [1.82, 2.24) is 4.90 Å². The number of amides is 1. The Morgan fingerprint density at radius 3 is 2.57 bits per heavy atom. The number of ether oxygens (including phenoxy) is 1. The number of hydrogen-bond donors (Lipinski definition) is 1. The highest BCUT2D eigenvalue weighted by Gasteiger charge is 2.24. The van der Waals surface area contributed by atoms with Gasteiger partial charge in [0.2, 0.25) is 0 Å². The number of anilines is 1. The van der Waals surface area contributed by atoms with Crippen LogP contribution in [0.4, 0.5) is 19.3 Å². The van der Waals surface area contributed by atoms with Gasteiger partial charge in [0, 0.05) is 30.9 Å². The first-order chi connectivity index (χ1) is 9.95. The van der Waals surface area contributed by atoms with Crippen LogP contribution in [0, 0.1) is 11.6 Å². The van der Waals surface area contributed by atoms with Gasteiger partial charge < -0.3 is 15.0 Å². The summed E-state index contributed by atoms with van der Waals surface area (Å²) in [5.74, 6) is -1.37. The predicted octanol–water partition coefficient (Wildman–Crippen LogP) is 3.51. The molecule has 0 radical (unpaired) electrons. The average molecular weight is 296 g/mol. The molecule has 0 spiro atoms. The first-order valence-electron chi connectivity index (χ1n) is 6.79. The Bertz CT molecular complexity index is 540. The molecule has 1 N–H and O–H groups in total. The molecule has 0 saturated carbocycles. The SMILES string of the molecule is C=C(C)OC(=O)N1CCC(Nc2ccc(F)c(F)c2)CC1. The zero-order chi connectivity index (χ0) is 15.4. The number of allylic oxidation sites excluding steroid dienone is 1. The highest BCUT2D eigenvalue weighted by atomic mass is 19.2. The molecule has 21 heavy (non-hydrogen) atoms. The molecule has 0 atom stereocenters. The van der Waals surface area contributed by atoms with Crippen LogP contribution in [0.25, 0.3) is 0 Å². The summed E-state index contributed by atoms with van der Waals surface area (Å²) in [4.78, 5) is 13.3. The quantitative estimate of drug-likeness (QED) is 0.868. The van der Waals surface area contributed by atoms with E-state index in [2.05, 4.69) is 11.9 Å². The molecule has 114 valence electrons. The number of benzene rings is 1. The molecule has 0 aromatic heterocycles. The molecule has 0 aliphatic carbocycles. The third-order valence-electron chi connectivity index (χ3n) is 3.31. The molecule has 1 amide bonds. The molecular formula is C15H18F2N2O2. The van der Waals surface area contributed by atoms with E-state index in [0.29, 0.717) is 37.4 Å². The summed E-state index contributed by atoms with van der Waals surface area (Å²) < 4.78 is 30.9. The van der Waals surface area contributed by atoms with E-state index in [1.54, 1.807) is 11.8 Å². The second-order valence-electron chi connectivity index (χ2n) is 5.10. The number of halogens is 2. The Morgan fingerprint density at radius 1 is 1.33 bits per heavy atom. The van der Waals surface area contributed by atoms with Gasteiger partial charge in [0.25, 0.3) is 0 Å². The van der Waals surface area contributed by atoms with Crippen LogP contribution in [-0.4, -0.2) is 30.1 Å². The van der Waals surface area contributed by atoms with Crippen molar-refractivity contribution < 1.29 is 18.3 Å². The molecule has 1 heterocycles. The van der Waals surface area contributed by atoms with Gasteiger partial charge in [0.1, 0.15) is 0 Å². The van der Waals surface area contributed by atoms with E-state index in [9.17, 15) is 13.6 Å². The highest BCUT2D eigenvalue weighted by molar-refractivity contribution is 5.68. The third kappa shape index (κ3) is 4.18. The van der Waals surface area contributed by atoms with Crippen molar-refractivity contribution in [2.24, 2.45) is 0 Å². The van der Waals surface area contributed by atoms with Gasteiger partial charge in [-0.05, 0) is 31.9 Å². The largest absolute Gasteiger partial charge is 0.416 e. The van der Waals surface area contributed by atoms with Crippen LogP contribution in [0.3, 0.4) is 0 Å². The smallest absolute Gasteiger partial charge is 0.414 e. The third-order valence-corrected chi connectivity index (χ3v) is 3.31. The van der Waals surface area contributed by atoms with Gasteiger partial charge in [0.05, 0.1) is 5.76 Å². The number of nitrogens with zero attached hydrogens (tertiary/aromatic N) is 1. The average Bonchev–Trinajstić information content (AvgIpc) is 2.43. The number of likely N-dealkylation sites (tertiary alicyclic amines) is 1. The lowest BCUT2D eigenvalue weighted by atomic mass is 10.1. The van der Waals surface area contributed by atoms with Crippen LogP contribution < -0.4 is 5.32 Å². The minimum absolute atomic E-state index is 0.115. The van der Waals surface area contributed by atoms with Crippen LogP contribution >= 0.6 is 0 Å². The molecular weight excluding hydrogens is 278 g/mol. The summed E-state index contributed by atoms with van der Waals surface area (Å²) in [6.45, 7) is 6.25. The molecule has 1 aliphatic heterocycles. The fourth-order valence-electron chi connectivity index (χ4n) is 2.24. The maximum absolute atomic E-state index is 13.1. The van der Waals surface area contributed by atoms with Crippen LogP contribution in [0.15, 0.2) is 30.5 Å². The van der Waals surface area contributed by atoms with E-state index >= 15 is 0 Å². The Kier molecular flexibility index (Phi) is 4.77. The molecule has 1 aromatic rings. The van der Waals surface area contributed by atoms with Gasteiger partial charge in [-0.15, -0.1) is 0 Å². The lowest BCUT2D eigenvalue weighted by Gasteiger charge is -2.32. The normalized spacial score (nSPS) is 15.7. The van der Waals surface area contributed by atoms with Gasteiger partial charge in [0.15, 0.2) is 11.6 Å². The van der Waals surface area contributed by atoms with Crippen LogP contribution in [0.5, 0.6) is 0 Å². The topological polar surface area (TPSA) is 41.6 Å². The summed E-state index contributed by atoms with van der Waals surface area (Å²) in [5.41, 5.74) is 0.539. The van der Waals surface area contributed by atoms with Crippen LogP contribution in [0.1, 0.15) is 19.8 Å². The zero-order valence-corrected chi connectivity index (χ0v) is 11.9. The fourth-order valence-corrected chi connectivity index (χ4v) is 2.24. The lowest BCUT2D eigenvalue weighted by Crippen LogP contribution is -2.42. The van der Waals surface area contributed by atoms with Gasteiger partial charge in [-0.25, -0.2) is 13.6 Å². The van der Waals surface area contributed by atoms with Crippen LogP contribution in [0.2, 0.25) is 0 Å². The second-order valence-corrected chi connectivity index (χ2v) is 5.10. The minimum atomic E-state index is -0.873. The first-order valence-corrected chi connectivity index (χ1v) is 6.79. The molecule has 2 rings (SSSR count). The number of nitrogens with one attached hydrogen (secondary N) is 1. The van der Waals surface area contributed by atoms with Crippen molar-refractivity contribution in [3.05, 3.63) is 42.2 Å². The highest BCUT2D eigenvalue weighted by Crippen LogP contribution is 2.19. The van der Waals surface area contributed by atoms with Crippen LogP contribution in [-0.2, 0) is 4.74 Å². The number of carbonyl (C=O) groups is 1. The summed E-state index contributed by atoms with van der Waals surface area (Å²) in [5, 5.41) is 3.15. The minimum Gasteiger partial charge on any atom is -0.416 e. The fraction of sp³-hybridized carbons (Fsp3) is 0.400. The number of hydrogen-bond acceptors (Lipinski definition) is 3. The maximum Gasteiger partial charge on any atom is 0.414 e. The van der Waals surface area contributed by atoms with Crippen molar-refractivity contribution in [2.75, 3.05) is 18.4 Å². The molecule has 0 unspecified atom stereocenters. The zero-order valence-electron chi connectivity index (χ0n) is 11.9. The Hall–Kier alpha value is -2.11. The van der Waals surface area contributed by atoms with E-state index in [1.807, 2.05) is 0 Å². The number of rotatable bonds is 3. The van der Waals surface area contributed by atoms with Gasteiger partial charge in [-0.1, -0.05) is 6.58 Å². The monoisotopic (exact) mass is 296 g/mol. The predicted molar refractivity (Wildman–Crippen MR) is 75.9 cm³/mol. The summed E-state index contributed by atoms with van der Waals surface area (Å²) in [6, 6.07) is 3.84. The van der Waals surface area contributed by atoms with Crippen molar-refractivity contribution in [1.29, 1.82) is 0 Å². The van der Waals surface area contributed by atoms with Crippen molar-refractivity contribution in [3.8, 4) is 0 Å².